The third kappa shape index (κ3) is 4.95. The zero-order chi connectivity index (χ0) is 24.5. The van der Waals surface area contributed by atoms with Crippen molar-refractivity contribution in [1.82, 2.24) is 0 Å². The fourth-order valence-corrected chi connectivity index (χ4v) is 9.02. The molecule has 0 saturated heterocycles. The highest BCUT2D eigenvalue weighted by Gasteiger charge is 2.28. The molecule has 36 heavy (non-hydrogen) atoms. The summed E-state index contributed by atoms with van der Waals surface area (Å²) in [6.45, 7) is 4.50. The second kappa shape index (κ2) is 10.0. The Bertz CT molecular complexity index is 1370. The lowest BCUT2D eigenvalue weighted by molar-refractivity contribution is 0.605. The largest absolute Gasteiger partial charge is 0.271 e. The topological polar surface area (TPSA) is 12.4 Å². The van der Waals surface area contributed by atoms with E-state index in [-0.39, 0.29) is 5.54 Å². The summed E-state index contributed by atoms with van der Waals surface area (Å²) in [4.78, 5) is 5.11. The van der Waals surface area contributed by atoms with Crippen LogP contribution in [0.4, 0.5) is 0 Å². The van der Waals surface area contributed by atoms with E-state index in [0.29, 0.717) is 0 Å². The normalized spacial score (nSPS) is 16.6. The minimum Gasteiger partial charge on any atom is -0.271 e. The molecule has 1 nitrogen and oxygen atoms in total. The van der Waals surface area contributed by atoms with Gasteiger partial charge in [-0.2, -0.15) is 0 Å². The fraction of sp³-hybridized carbons (Fsp3) is 0.242. The maximum Gasteiger partial charge on any atom is 0.0987 e. The molecular formula is C33H32NPS. The molecule has 4 aromatic carbocycles. The third-order valence-electron chi connectivity index (χ3n) is 7.16. The van der Waals surface area contributed by atoms with Crippen LogP contribution in [0.1, 0.15) is 41.7 Å². The van der Waals surface area contributed by atoms with E-state index in [1.54, 1.807) is 0 Å². The molecule has 3 heteroatoms. The van der Waals surface area contributed by atoms with Crippen LogP contribution < -0.4 is 15.9 Å². The molecule has 0 amide bonds. The van der Waals surface area contributed by atoms with Crippen LogP contribution in [-0.4, -0.2) is 16.3 Å². The molecule has 0 atom stereocenters. The van der Waals surface area contributed by atoms with E-state index < -0.39 is 7.92 Å². The summed E-state index contributed by atoms with van der Waals surface area (Å²) in [5, 5.41) is 5.60. The van der Waals surface area contributed by atoms with Crippen LogP contribution in [-0.2, 0) is 25.7 Å². The molecule has 180 valence electrons. The Labute approximate surface area is 220 Å². The molecule has 1 heterocycles. The molecule has 0 spiro atoms. The first kappa shape index (κ1) is 23.7. The predicted octanol–water partition coefficient (Wildman–Crippen LogP) is 6.60. The van der Waals surface area contributed by atoms with Crippen molar-refractivity contribution in [3.05, 3.63) is 125 Å². The Hall–Kier alpha value is -2.67. The number of thioether (sulfide) groups is 1. The number of nitrogens with zero attached hydrogens (tertiary/aromatic N) is 1. The van der Waals surface area contributed by atoms with Crippen molar-refractivity contribution >= 4 is 40.6 Å². The van der Waals surface area contributed by atoms with E-state index in [0.717, 1.165) is 31.4 Å². The Morgan fingerprint density at radius 3 is 1.86 bits per heavy atom. The lowest BCUT2D eigenvalue weighted by atomic mass is 9.93. The first-order valence-electron chi connectivity index (χ1n) is 12.9. The van der Waals surface area contributed by atoms with E-state index >= 15 is 0 Å². The molecule has 0 aromatic heterocycles. The maximum absolute atomic E-state index is 5.11. The van der Waals surface area contributed by atoms with Crippen LogP contribution in [0.25, 0.3) is 0 Å². The molecule has 0 radical (unpaired) electrons. The van der Waals surface area contributed by atoms with Crippen LogP contribution >= 0.6 is 19.7 Å². The highest BCUT2D eigenvalue weighted by Crippen LogP contribution is 2.36. The molecule has 9 rings (SSSR count). The summed E-state index contributed by atoms with van der Waals surface area (Å²) in [6, 6.07) is 36.7. The first-order chi connectivity index (χ1) is 17.6. The van der Waals surface area contributed by atoms with Gasteiger partial charge in [0.25, 0.3) is 0 Å². The Kier molecular flexibility index (Phi) is 6.59. The number of aryl methyl sites for hydroxylation is 4. The molecule has 1 aliphatic heterocycles. The summed E-state index contributed by atoms with van der Waals surface area (Å²) < 4.78 is 0. The molecule has 0 fully saturated rings. The number of rotatable bonds is 4. The molecule has 4 aromatic rings. The second-order valence-corrected chi connectivity index (χ2v) is 13.6. The zero-order valence-electron chi connectivity index (χ0n) is 21.1. The summed E-state index contributed by atoms with van der Waals surface area (Å²) in [7, 11) is -0.613. The molecule has 4 bridgehead atoms. The van der Waals surface area contributed by atoms with Crippen molar-refractivity contribution in [2.75, 3.05) is 5.75 Å². The maximum atomic E-state index is 5.11. The molecular weight excluding hydrogens is 473 g/mol. The standard InChI is InChI=1S/C33H32NPS/c1-33(2)23-36-32(34-33)30-21-24-13-14-25-16-18-27(20-19-26(30)17-15-24)31(22-25)35(28-9-5-3-6-10-28)29-11-7-4-8-12-29/h3-12,15-18,21-22H,13-14,19-20,23H2,1-2H3. The molecule has 0 saturated carbocycles. The summed E-state index contributed by atoms with van der Waals surface area (Å²) in [5.74, 6) is 1.06. The minimum absolute atomic E-state index is 0.0300. The smallest absolute Gasteiger partial charge is 0.0987 e. The average Bonchev–Trinajstić information content (AvgIpc) is 3.26. The van der Waals surface area contributed by atoms with Gasteiger partial charge in [0.2, 0.25) is 0 Å². The van der Waals surface area contributed by atoms with Crippen molar-refractivity contribution in [1.29, 1.82) is 0 Å². The highest BCUT2D eigenvalue weighted by atomic mass is 32.2. The Morgan fingerprint density at radius 1 is 0.667 bits per heavy atom. The lowest BCUT2D eigenvalue weighted by Gasteiger charge is -2.24. The lowest BCUT2D eigenvalue weighted by Crippen LogP contribution is -2.24. The summed E-state index contributed by atoms with van der Waals surface area (Å²) >= 11 is 1.93. The Balaban J connectivity index is 1.44. The van der Waals surface area contributed by atoms with Crippen molar-refractivity contribution in [3.8, 4) is 0 Å². The van der Waals surface area contributed by atoms with Crippen molar-refractivity contribution in [2.24, 2.45) is 4.99 Å². The minimum atomic E-state index is -0.613. The van der Waals surface area contributed by atoms with Gasteiger partial charge in [-0.1, -0.05) is 91.0 Å². The molecule has 0 unspecified atom stereocenters. The van der Waals surface area contributed by atoms with Gasteiger partial charge in [0.05, 0.1) is 10.6 Å². The van der Waals surface area contributed by atoms with Crippen LogP contribution in [0.15, 0.2) is 102 Å². The number of benzene rings is 4. The zero-order valence-corrected chi connectivity index (χ0v) is 22.8. The van der Waals surface area contributed by atoms with E-state index in [1.165, 1.54) is 48.8 Å². The highest BCUT2D eigenvalue weighted by molar-refractivity contribution is 8.14. The summed E-state index contributed by atoms with van der Waals surface area (Å²) in [6.07, 6.45) is 4.20. The average molecular weight is 506 g/mol. The SMILES string of the molecule is CC1(C)CSC(c2cc3ccc2CCc2ccc(cc2P(c2ccccc2)c2ccccc2)CC3)=N1. The van der Waals surface area contributed by atoms with E-state index in [9.17, 15) is 0 Å². The van der Waals surface area contributed by atoms with Gasteiger partial charge in [0.1, 0.15) is 0 Å². The van der Waals surface area contributed by atoms with Crippen LogP contribution in [0.5, 0.6) is 0 Å². The number of aliphatic imine (C=N–C) groups is 1. The van der Waals surface area contributed by atoms with Crippen LogP contribution in [0.2, 0.25) is 0 Å². The van der Waals surface area contributed by atoms with Gasteiger partial charge in [0, 0.05) is 11.3 Å². The van der Waals surface area contributed by atoms with E-state index in [1.807, 2.05) is 11.8 Å². The number of hydrogen-bond acceptors (Lipinski definition) is 2. The van der Waals surface area contributed by atoms with Gasteiger partial charge < -0.3 is 0 Å². The second-order valence-electron chi connectivity index (χ2n) is 10.5. The first-order valence-corrected chi connectivity index (χ1v) is 15.3. The van der Waals surface area contributed by atoms with Gasteiger partial charge >= 0.3 is 0 Å². The van der Waals surface area contributed by atoms with Gasteiger partial charge in [-0.25, -0.2) is 0 Å². The monoisotopic (exact) mass is 505 g/mol. The van der Waals surface area contributed by atoms with Crippen LogP contribution in [0, 0.1) is 0 Å². The van der Waals surface area contributed by atoms with Crippen LogP contribution in [0.3, 0.4) is 0 Å². The fourth-order valence-electron chi connectivity index (χ4n) is 5.24. The van der Waals surface area contributed by atoms with Crippen molar-refractivity contribution < 1.29 is 0 Å². The van der Waals surface area contributed by atoms with E-state index in [2.05, 4.69) is 111 Å². The molecule has 5 aliphatic rings. The molecule has 4 aliphatic carbocycles. The summed E-state index contributed by atoms with van der Waals surface area (Å²) in [5.41, 5.74) is 7.17. The van der Waals surface area contributed by atoms with Crippen molar-refractivity contribution in [3.63, 3.8) is 0 Å². The van der Waals surface area contributed by atoms with Gasteiger partial charge in [0.15, 0.2) is 0 Å². The third-order valence-corrected chi connectivity index (χ3v) is 11.1. The van der Waals surface area contributed by atoms with Crippen molar-refractivity contribution in [2.45, 2.75) is 45.1 Å². The van der Waals surface area contributed by atoms with Gasteiger partial charge in [-0.15, -0.1) is 11.8 Å². The Morgan fingerprint density at radius 2 is 1.25 bits per heavy atom. The predicted molar refractivity (Wildman–Crippen MR) is 159 cm³/mol. The van der Waals surface area contributed by atoms with E-state index in [4.69, 9.17) is 4.99 Å². The quantitative estimate of drug-likeness (QED) is 0.285. The van der Waals surface area contributed by atoms with Gasteiger partial charge in [-0.3, -0.25) is 4.99 Å². The van der Waals surface area contributed by atoms with Gasteiger partial charge in [-0.05, 0) is 91.7 Å². The number of hydrogen-bond donors (Lipinski definition) is 0. The molecule has 0 N–H and O–H groups in total.